The Morgan fingerprint density at radius 2 is 1.65 bits per heavy atom. The maximum atomic E-state index is 13.1. The molecule has 5 rings (SSSR count). The largest absolute Gasteiger partial charge is 0.341 e. The van der Waals surface area contributed by atoms with Gasteiger partial charge in [0.1, 0.15) is 0 Å². The molecule has 0 bridgehead atoms. The van der Waals surface area contributed by atoms with Gasteiger partial charge in [0.25, 0.3) is 0 Å². The predicted octanol–water partition coefficient (Wildman–Crippen LogP) is 4.33. The van der Waals surface area contributed by atoms with Crippen LogP contribution in [0, 0.1) is 0 Å². The van der Waals surface area contributed by atoms with Crippen molar-refractivity contribution in [2.45, 2.75) is 37.3 Å². The number of amides is 1. The van der Waals surface area contributed by atoms with E-state index in [1.807, 2.05) is 35.2 Å². The van der Waals surface area contributed by atoms with Crippen molar-refractivity contribution in [1.82, 2.24) is 14.8 Å². The number of aryl methyl sites for hydroxylation is 1. The van der Waals surface area contributed by atoms with Crippen molar-refractivity contribution in [3.8, 4) is 5.69 Å². The van der Waals surface area contributed by atoms with E-state index >= 15 is 0 Å². The molecule has 0 spiro atoms. The number of fused-ring (bicyclic) bond motifs is 1. The Kier molecular flexibility index (Phi) is 5.93. The lowest BCUT2D eigenvalue weighted by Gasteiger charge is -2.29. The summed E-state index contributed by atoms with van der Waals surface area (Å²) in [5, 5.41) is 9.80. The number of piperidine rings is 1. The van der Waals surface area contributed by atoms with Gasteiger partial charge >= 0.3 is 0 Å². The highest BCUT2D eigenvalue weighted by molar-refractivity contribution is 7.99. The van der Waals surface area contributed by atoms with Crippen LogP contribution < -0.4 is 9.80 Å². The number of aromatic nitrogens is 3. The number of thioether (sulfide) groups is 1. The maximum absolute atomic E-state index is 13.1. The van der Waals surface area contributed by atoms with Crippen LogP contribution in [0.2, 0.25) is 0 Å². The number of anilines is 2. The van der Waals surface area contributed by atoms with Gasteiger partial charge in [0.05, 0.1) is 11.4 Å². The zero-order valence-electron chi connectivity index (χ0n) is 17.6. The maximum Gasteiger partial charge on any atom is 0.237 e. The summed E-state index contributed by atoms with van der Waals surface area (Å²) in [5.41, 5.74) is 3.34. The van der Waals surface area contributed by atoms with E-state index in [2.05, 4.69) is 43.9 Å². The summed E-state index contributed by atoms with van der Waals surface area (Å²) in [6, 6.07) is 18.4. The first-order chi connectivity index (χ1) is 15.3. The molecule has 7 heteroatoms. The number of para-hydroxylation sites is 2. The van der Waals surface area contributed by atoms with Crippen molar-refractivity contribution in [3.05, 3.63) is 60.2 Å². The van der Waals surface area contributed by atoms with Crippen molar-refractivity contribution in [1.29, 1.82) is 0 Å². The molecule has 2 aromatic carbocycles. The summed E-state index contributed by atoms with van der Waals surface area (Å²) >= 11 is 1.47. The van der Waals surface area contributed by atoms with E-state index in [-0.39, 0.29) is 5.91 Å². The van der Waals surface area contributed by atoms with Gasteiger partial charge < -0.3 is 9.80 Å². The Labute approximate surface area is 187 Å². The van der Waals surface area contributed by atoms with E-state index in [4.69, 9.17) is 0 Å². The van der Waals surface area contributed by atoms with Crippen LogP contribution in [0.3, 0.4) is 0 Å². The number of carbonyl (C=O) groups excluding carboxylic acids is 1. The van der Waals surface area contributed by atoms with Crippen molar-refractivity contribution in [2.24, 2.45) is 0 Å². The number of hydrogen-bond donors (Lipinski definition) is 0. The summed E-state index contributed by atoms with van der Waals surface area (Å²) in [6.45, 7) is 2.78. The van der Waals surface area contributed by atoms with Crippen LogP contribution in [0.1, 0.15) is 31.2 Å². The minimum absolute atomic E-state index is 0.124. The van der Waals surface area contributed by atoms with Gasteiger partial charge in [-0.05, 0) is 55.9 Å². The Morgan fingerprint density at radius 3 is 2.48 bits per heavy atom. The molecule has 2 aliphatic rings. The van der Waals surface area contributed by atoms with Crippen molar-refractivity contribution >= 4 is 29.3 Å². The monoisotopic (exact) mass is 433 g/mol. The molecule has 0 aliphatic carbocycles. The molecular weight excluding hydrogens is 406 g/mol. The number of nitrogens with zero attached hydrogens (tertiary/aromatic N) is 5. The smallest absolute Gasteiger partial charge is 0.237 e. The summed E-state index contributed by atoms with van der Waals surface area (Å²) in [7, 11) is 0. The summed E-state index contributed by atoms with van der Waals surface area (Å²) < 4.78 is 2.10. The second kappa shape index (κ2) is 9.14. The fourth-order valence-corrected chi connectivity index (χ4v) is 5.28. The molecule has 0 N–H and O–H groups in total. The minimum atomic E-state index is 0.124. The zero-order chi connectivity index (χ0) is 21.0. The highest BCUT2D eigenvalue weighted by Crippen LogP contribution is 2.30. The van der Waals surface area contributed by atoms with E-state index in [0.717, 1.165) is 55.0 Å². The van der Waals surface area contributed by atoms with Crippen LogP contribution in [0.15, 0.2) is 59.8 Å². The van der Waals surface area contributed by atoms with E-state index in [1.165, 1.54) is 36.6 Å². The molecule has 1 aromatic heterocycles. The Bertz CT molecular complexity index is 1050. The molecule has 1 fully saturated rings. The van der Waals surface area contributed by atoms with E-state index in [1.54, 1.807) is 0 Å². The van der Waals surface area contributed by atoms with Gasteiger partial charge in [0.15, 0.2) is 5.16 Å². The second-order valence-electron chi connectivity index (χ2n) is 8.07. The first kappa shape index (κ1) is 20.1. The SMILES string of the molecule is O=C(CSc1nnc(N2CCCCC2)n1-c1ccccc1)N1CCCc2ccccc21. The van der Waals surface area contributed by atoms with Crippen molar-refractivity contribution in [2.75, 3.05) is 35.2 Å². The molecule has 3 heterocycles. The Morgan fingerprint density at radius 1 is 0.871 bits per heavy atom. The third-order valence-corrected chi connectivity index (χ3v) is 6.92. The molecule has 0 saturated carbocycles. The quantitative estimate of drug-likeness (QED) is 0.561. The molecule has 0 unspecified atom stereocenters. The molecule has 0 atom stereocenters. The van der Waals surface area contributed by atoms with Crippen LogP contribution in [-0.2, 0) is 11.2 Å². The number of carbonyl (C=O) groups is 1. The highest BCUT2D eigenvalue weighted by atomic mass is 32.2. The number of rotatable bonds is 5. The summed E-state index contributed by atoms with van der Waals surface area (Å²) in [6.07, 6.45) is 5.67. The van der Waals surface area contributed by atoms with Gasteiger partial charge in [-0.1, -0.05) is 48.2 Å². The lowest BCUT2D eigenvalue weighted by atomic mass is 10.0. The van der Waals surface area contributed by atoms with E-state index < -0.39 is 0 Å². The van der Waals surface area contributed by atoms with Crippen LogP contribution in [-0.4, -0.2) is 46.1 Å². The summed E-state index contributed by atoms with van der Waals surface area (Å²) in [4.78, 5) is 17.4. The molecule has 6 nitrogen and oxygen atoms in total. The fraction of sp³-hybridized carbons (Fsp3) is 0.375. The number of hydrogen-bond acceptors (Lipinski definition) is 5. The van der Waals surface area contributed by atoms with Gasteiger partial charge in [-0.25, -0.2) is 0 Å². The molecular formula is C24H27N5OS. The van der Waals surface area contributed by atoms with Gasteiger partial charge in [0.2, 0.25) is 11.9 Å². The highest BCUT2D eigenvalue weighted by Gasteiger charge is 2.25. The Balaban J connectivity index is 1.38. The zero-order valence-corrected chi connectivity index (χ0v) is 18.4. The fourth-order valence-electron chi connectivity index (χ4n) is 4.45. The molecule has 2 aliphatic heterocycles. The standard InChI is InChI=1S/C24H27N5OS/c30-22(28-17-9-11-19-10-5-6-14-21(19)28)18-31-24-26-25-23(27-15-7-2-8-16-27)29(24)20-12-3-1-4-13-20/h1,3-6,10,12-14H,2,7-9,11,15-18H2. The Hall–Kier alpha value is -2.80. The molecule has 31 heavy (non-hydrogen) atoms. The first-order valence-electron chi connectivity index (χ1n) is 11.1. The van der Waals surface area contributed by atoms with Crippen LogP contribution in [0.5, 0.6) is 0 Å². The van der Waals surface area contributed by atoms with E-state index in [0.29, 0.717) is 5.75 Å². The molecule has 1 amide bonds. The van der Waals surface area contributed by atoms with Gasteiger partial charge in [-0.15, -0.1) is 10.2 Å². The van der Waals surface area contributed by atoms with Crippen LogP contribution in [0.4, 0.5) is 11.6 Å². The third-order valence-electron chi connectivity index (χ3n) is 6.01. The lowest BCUT2D eigenvalue weighted by molar-refractivity contribution is -0.116. The minimum Gasteiger partial charge on any atom is -0.341 e. The van der Waals surface area contributed by atoms with Crippen molar-refractivity contribution < 1.29 is 4.79 Å². The molecule has 3 aromatic rings. The first-order valence-corrected chi connectivity index (χ1v) is 12.1. The molecule has 1 saturated heterocycles. The third kappa shape index (κ3) is 4.19. The average Bonchev–Trinajstić information content (AvgIpc) is 3.27. The summed E-state index contributed by atoms with van der Waals surface area (Å²) in [5.74, 6) is 1.35. The van der Waals surface area contributed by atoms with Crippen LogP contribution in [0.25, 0.3) is 5.69 Å². The lowest BCUT2D eigenvalue weighted by Crippen LogP contribution is -2.36. The second-order valence-corrected chi connectivity index (χ2v) is 9.01. The normalized spacial score (nSPS) is 16.3. The van der Waals surface area contributed by atoms with Gasteiger partial charge in [-0.3, -0.25) is 9.36 Å². The van der Waals surface area contributed by atoms with Crippen LogP contribution >= 0.6 is 11.8 Å². The average molecular weight is 434 g/mol. The van der Waals surface area contributed by atoms with Gasteiger partial charge in [-0.2, -0.15) is 0 Å². The predicted molar refractivity (Wildman–Crippen MR) is 125 cm³/mol. The molecule has 0 radical (unpaired) electrons. The van der Waals surface area contributed by atoms with Crippen molar-refractivity contribution in [3.63, 3.8) is 0 Å². The van der Waals surface area contributed by atoms with Gasteiger partial charge in [0, 0.05) is 25.3 Å². The number of benzene rings is 2. The topological polar surface area (TPSA) is 54.3 Å². The van der Waals surface area contributed by atoms with E-state index in [9.17, 15) is 4.79 Å². The molecule has 160 valence electrons.